The van der Waals surface area contributed by atoms with Crippen molar-refractivity contribution in [1.82, 2.24) is 4.90 Å². The summed E-state index contributed by atoms with van der Waals surface area (Å²) in [5.41, 5.74) is 3.12. The average Bonchev–Trinajstić information content (AvgIpc) is 3.20. The number of hydrogen-bond donors (Lipinski definition) is 1. The van der Waals surface area contributed by atoms with E-state index < -0.39 is 5.82 Å². The van der Waals surface area contributed by atoms with E-state index in [0.29, 0.717) is 18.7 Å². The predicted octanol–water partition coefficient (Wildman–Crippen LogP) is 3.63. The van der Waals surface area contributed by atoms with Crippen LogP contribution in [0.3, 0.4) is 0 Å². The molecule has 0 saturated carbocycles. The number of carbonyl (C=O) groups excluding carboxylic acids is 2. The number of nitrogens with one attached hydrogen (secondary N) is 1. The Morgan fingerprint density at radius 2 is 1.97 bits per heavy atom. The molecule has 154 valence electrons. The van der Waals surface area contributed by atoms with Crippen LogP contribution in [0, 0.1) is 19.7 Å². The van der Waals surface area contributed by atoms with E-state index >= 15 is 0 Å². The summed E-state index contributed by atoms with van der Waals surface area (Å²) in [6.07, 6.45) is 1.61. The number of carbonyl (C=O) groups is 2. The molecule has 3 rings (SSSR count). The Labute approximate surface area is 170 Å². The Hall–Kier alpha value is -2.73. The van der Waals surface area contributed by atoms with Crippen LogP contribution in [0.2, 0.25) is 0 Å². The standard InChI is InChI=1S/C23H27FN2O3/c1-16-7-5-11-21(17(16)2)25-22(27)15-26(14-19-9-6-12-29-19)23(28)13-18-8-3-4-10-20(18)24/h3-5,7-8,10-11,19H,6,9,12-15H2,1-2H3,(H,25,27). The molecule has 1 aliphatic rings. The molecule has 1 N–H and O–H groups in total. The van der Waals surface area contributed by atoms with Gasteiger partial charge in [-0.2, -0.15) is 0 Å². The number of halogens is 1. The average molecular weight is 398 g/mol. The number of anilines is 1. The molecule has 1 fully saturated rings. The number of aryl methyl sites for hydroxylation is 1. The monoisotopic (exact) mass is 398 g/mol. The summed E-state index contributed by atoms with van der Waals surface area (Å²) in [4.78, 5) is 27.0. The Bertz CT molecular complexity index is 878. The van der Waals surface area contributed by atoms with E-state index in [1.807, 2.05) is 32.0 Å². The van der Waals surface area contributed by atoms with Gasteiger partial charge in [0.05, 0.1) is 19.1 Å². The van der Waals surface area contributed by atoms with E-state index in [0.717, 1.165) is 29.7 Å². The highest BCUT2D eigenvalue weighted by Gasteiger charge is 2.25. The molecule has 1 atom stereocenters. The van der Waals surface area contributed by atoms with Gasteiger partial charge in [-0.25, -0.2) is 4.39 Å². The lowest BCUT2D eigenvalue weighted by molar-refractivity contribution is -0.135. The molecule has 1 aliphatic heterocycles. The first-order valence-electron chi connectivity index (χ1n) is 9.93. The van der Waals surface area contributed by atoms with Crippen molar-refractivity contribution in [2.75, 3.05) is 25.0 Å². The van der Waals surface area contributed by atoms with Crippen molar-refractivity contribution in [3.05, 3.63) is 65.0 Å². The molecule has 0 aromatic heterocycles. The van der Waals surface area contributed by atoms with Crippen LogP contribution in [-0.2, 0) is 20.7 Å². The van der Waals surface area contributed by atoms with Crippen molar-refractivity contribution < 1.29 is 18.7 Å². The summed E-state index contributed by atoms with van der Waals surface area (Å²) in [6, 6.07) is 11.9. The Balaban J connectivity index is 1.70. The molecule has 5 nitrogen and oxygen atoms in total. The summed E-state index contributed by atoms with van der Waals surface area (Å²) in [7, 11) is 0. The van der Waals surface area contributed by atoms with Gasteiger partial charge in [-0.05, 0) is 55.5 Å². The van der Waals surface area contributed by atoms with Gasteiger partial charge in [-0.3, -0.25) is 9.59 Å². The zero-order valence-corrected chi connectivity index (χ0v) is 16.9. The van der Waals surface area contributed by atoms with Gasteiger partial charge in [0.25, 0.3) is 0 Å². The molecule has 2 aromatic carbocycles. The third-order valence-corrected chi connectivity index (χ3v) is 5.31. The molecular weight excluding hydrogens is 371 g/mol. The normalized spacial score (nSPS) is 15.9. The van der Waals surface area contributed by atoms with Crippen molar-refractivity contribution in [2.24, 2.45) is 0 Å². The Morgan fingerprint density at radius 1 is 1.17 bits per heavy atom. The van der Waals surface area contributed by atoms with Crippen LogP contribution < -0.4 is 5.32 Å². The highest BCUT2D eigenvalue weighted by molar-refractivity contribution is 5.95. The van der Waals surface area contributed by atoms with Gasteiger partial charge in [-0.1, -0.05) is 30.3 Å². The highest BCUT2D eigenvalue weighted by atomic mass is 19.1. The second-order valence-electron chi connectivity index (χ2n) is 7.47. The molecular formula is C23H27FN2O3. The largest absolute Gasteiger partial charge is 0.376 e. The van der Waals surface area contributed by atoms with Gasteiger partial charge in [0.15, 0.2) is 0 Å². The van der Waals surface area contributed by atoms with Crippen LogP contribution >= 0.6 is 0 Å². The molecule has 2 aromatic rings. The number of rotatable bonds is 7. The zero-order valence-electron chi connectivity index (χ0n) is 16.9. The van der Waals surface area contributed by atoms with E-state index in [-0.39, 0.29) is 30.9 Å². The zero-order chi connectivity index (χ0) is 20.8. The van der Waals surface area contributed by atoms with E-state index in [9.17, 15) is 14.0 Å². The fourth-order valence-electron chi connectivity index (χ4n) is 3.45. The summed E-state index contributed by atoms with van der Waals surface area (Å²) in [5, 5.41) is 2.89. The third kappa shape index (κ3) is 5.64. The minimum atomic E-state index is -0.419. The van der Waals surface area contributed by atoms with Gasteiger partial charge in [0, 0.05) is 18.8 Å². The van der Waals surface area contributed by atoms with E-state index in [2.05, 4.69) is 5.32 Å². The number of ether oxygens (including phenoxy) is 1. The summed E-state index contributed by atoms with van der Waals surface area (Å²) in [6.45, 7) is 4.81. The molecule has 2 amide bonds. The summed E-state index contributed by atoms with van der Waals surface area (Å²) < 4.78 is 19.6. The molecule has 0 bridgehead atoms. The maximum Gasteiger partial charge on any atom is 0.244 e. The minimum absolute atomic E-state index is 0.0872. The maximum atomic E-state index is 14.0. The fourth-order valence-corrected chi connectivity index (χ4v) is 3.45. The van der Waals surface area contributed by atoms with Crippen LogP contribution in [0.15, 0.2) is 42.5 Å². The molecule has 0 aliphatic carbocycles. The minimum Gasteiger partial charge on any atom is -0.376 e. The lowest BCUT2D eigenvalue weighted by Gasteiger charge is -2.25. The molecule has 1 saturated heterocycles. The van der Waals surface area contributed by atoms with E-state index in [1.165, 1.54) is 11.0 Å². The second-order valence-corrected chi connectivity index (χ2v) is 7.47. The first kappa shape index (κ1) is 21.0. The predicted molar refractivity (Wildman–Crippen MR) is 110 cm³/mol. The van der Waals surface area contributed by atoms with Crippen molar-refractivity contribution in [3.63, 3.8) is 0 Å². The molecule has 29 heavy (non-hydrogen) atoms. The third-order valence-electron chi connectivity index (χ3n) is 5.31. The quantitative estimate of drug-likeness (QED) is 0.775. The number of amides is 2. The topological polar surface area (TPSA) is 58.6 Å². The Morgan fingerprint density at radius 3 is 2.69 bits per heavy atom. The smallest absolute Gasteiger partial charge is 0.244 e. The number of hydrogen-bond acceptors (Lipinski definition) is 3. The summed E-state index contributed by atoms with van der Waals surface area (Å²) in [5.74, 6) is -0.988. The SMILES string of the molecule is Cc1cccc(NC(=O)CN(CC2CCCO2)C(=O)Cc2ccccc2F)c1C. The van der Waals surface area contributed by atoms with E-state index in [4.69, 9.17) is 4.74 Å². The lowest BCUT2D eigenvalue weighted by atomic mass is 10.1. The molecule has 1 heterocycles. The molecule has 0 spiro atoms. The number of nitrogens with zero attached hydrogens (tertiary/aromatic N) is 1. The van der Waals surface area contributed by atoms with Crippen LogP contribution in [-0.4, -0.2) is 42.5 Å². The highest BCUT2D eigenvalue weighted by Crippen LogP contribution is 2.19. The fraction of sp³-hybridized carbons (Fsp3) is 0.391. The van der Waals surface area contributed by atoms with Gasteiger partial charge in [0.2, 0.25) is 11.8 Å². The van der Waals surface area contributed by atoms with Gasteiger partial charge < -0.3 is 15.0 Å². The second kappa shape index (κ2) is 9.65. The molecule has 6 heteroatoms. The lowest BCUT2D eigenvalue weighted by Crippen LogP contribution is -2.43. The van der Waals surface area contributed by atoms with Crippen LogP contribution in [0.4, 0.5) is 10.1 Å². The van der Waals surface area contributed by atoms with Crippen LogP contribution in [0.1, 0.15) is 29.5 Å². The number of benzene rings is 2. The van der Waals surface area contributed by atoms with Crippen LogP contribution in [0.5, 0.6) is 0 Å². The maximum absolute atomic E-state index is 14.0. The van der Waals surface area contributed by atoms with Gasteiger partial charge in [0.1, 0.15) is 5.82 Å². The van der Waals surface area contributed by atoms with Crippen molar-refractivity contribution in [1.29, 1.82) is 0 Å². The summed E-state index contributed by atoms with van der Waals surface area (Å²) >= 11 is 0. The Kier molecular flexibility index (Phi) is 6.99. The molecule has 1 unspecified atom stereocenters. The van der Waals surface area contributed by atoms with Gasteiger partial charge >= 0.3 is 0 Å². The van der Waals surface area contributed by atoms with E-state index in [1.54, 1.807) is 18.2 Å². The first-order valence-corrected chi connectivity index (χ1v) is 9.93. The van der Waals surface area contributed by atoms with Crippen molar-refractivity contribution in [2.45, 2.75) is 39.2 Å². The van der Waals surface area contributed by atoms with Crippen molar-refractivity contribution >= 4 is 17.5 Å². The van der Waals surface area contributed by atoms with Gasteiger partial charge in [-0.15, -0.1) is 0 Å². The first-order chi connectivity index (χ1) is 13.9. The molecule has 0 radical (unpaired) electrons. The van der Waals surface area contributed by atoms with Crippen LogP contribution in [0.25, 0.3) is 0 Å². The van der Waals surface area contributed by atoms with Crippen molar-refractivity contribution in [3.8, 4) is 0 Å².